The highest BCUT2D eigenvalue weighted by atomic mass is 16.4. The summed E-state index contributed by atoms with van der Waals surface area (Å²) in [4.78, 5) is 31.1. The van der Waals surface area contributed by atoms with Gasteiger partial charge in [-0.3, -0.25) is 14.4 Å². The van der Waals surface area contributed by atoms with Crippen LogP contribution in [0.15, 0.2) is 0 Å². The number of rotatable bonds is 5. The van der Waals surface area contributed by atoms with Gasteiger partial charge in [-0.2, -0.15) is 0 Å². The van der Waals surface area contributed by atoms with Crippen molar-refractivity contribution in [1.29, 1.82) is 0 Å². The van der Waals surface area contributed by atoms with Gasteiger partial charge < -0.3 is 10.4 Å². The van der Waals surface area contributed by atoms with Gasteiger partial charge in [0.1, 0.15) is 0 Å². The van der Waals surface area contributed by atoms with Crippen molar-refractivity contribution in [3.8, 4) is 0 Å². The average Bonchev–Trinajstić information content (AvgIpc) is 1.96. The Morgan fingerprint density at radius 2 is 1.83 bits per heavy atom. The van der Waals surface area contributed by atoms with Crippen LogP contribution in [-0.4, -0.2) is 29.3 Å². The number of ketones is 1. The van der Waals surface area contributed by atoms with E-state index in [4.69, 9.17) is 5.11 Å². The maximum absolute atomic E-state index is 10.8. The van der Waals surface area contributed by atoms with E-state index in [9.17, 15) is 14.4 Å². The summed E-state index contributed by atoms with van der Waals surface area (Å²) < 4.78 is 0. The Kier molecular flexibility index (Phi) is 4.67. The summed E-state index contributed by atoms with van der Waals surface area (Å²) in [5.41, 5.74) is 0. The predicted molar refractivity (Wildman–Crippen MR) is 40.6 cm³/mol. The van der Waals surface area contributed by atoms with Crippen molar-refractivity contribution >= 4 is 17.7 Å². The van der Waals surface area contributed by atoms with Crippen LogP contribution >= 0.6 is 0 Å². The number of carbonyl (C=O) groups is 3. The number of carbonyl (C=O) groups excluding carboxylic acids is 2. The van der Waals surface area contributed by atoms with Gasteiger partial charge >= 0.3 is 5.97 Å². The van der Waals surface area contributed by atoms with Crippen LogP contribution in [0.3, 0.4) is 0 Å². The second-order valence-electron chi connectivity index (χ2n) is 2.34. The summed E-state index contributed by atoms with van der Waals surface area (Å²) in [6.45, 7) is 1.22. The highest BCUT2D eigenvalue weighted by Gasteiger charge is 2.05. The summed E-state index contributed by atoms with van der Waals surface area (Å²) in [6.07, 6.45) is -0.214. The molecule has 2 N–H and O–H groups in total. The van der Waals surface area contributed by atoms with Gasteiger partial charge in [0.25, 0.3) is 0 Å². The molecule has 0 aromatic rings. The minimum atomic E-state index is -1.01. The lowest BCUT2D eigenvalue weighted by Gasteiger charge is -1.98. The third kappa shape index (κ3) is 6.73. The average molecular weight is 173 g/mol. The molecule has 0 unspecified atom stereocenters. The summed E-state index contributed by atoms with van der Waals surface area (Å²) in [5.74, 6) is -1.57. The van der Waals surface area contributed by atoms with E-state index in [-0.39, 0.29) is 31.1 Å². The molecule has 0 spiro atoms. The Morgan fingerprint density at radius 3 is 2.25 bits per heavy atom. The topological polar surface area (TPSA) is 83.5 Å². The second-order valence-corrected chi connectivity index (χ2v) is 2.34. The third-order valence-corrected chi connectivity index (χ3v) is 1.15. The number of carboxylic acid groups (broad SMARTS) is 1. The van der Waals surface area contributed by atoms with Crippen LogP contribution in [0.1, 0.15) is 19.8 Å². The van der Waals surface area contributed by atoms with Gasteiger partial charge in [-0.05, 0) is 0 Å². The number of hydrogen-bond donors (Lipinski definition) is 2. The van der Waals surface area contributed by atoms with E-state index in [0.29, 0.717) is 0 Å². The molecule has 0 heterocycles. The minimum absolute atomic E-state index is 0.0321. The monoisotopic (exact) mass is 173 g/mol. The molecule has 0 rings (SSSR count). The van der Waals surface area contributed by atoms with Crippen LogP contribution in [0.2, 0.25) is 0 Å². The quantitative estimate of drug-likeness (QED) is 0.590. The first-order valence-corrected chi connectivity index (χ1v) is 3.50. The number of nitrogens with one attached hydrogen (secondary N) is 1. The Morgan fingerprint density at radius 1 is 1.25 bits per heavy atom. The summed E-state index contributed by atoms with van der Waals surface area (Å²) in [7, 11) is 0. The fourth-order valence-corrected chi connectivity index (χ4v) is 0.558. The number of Topliss-reactive ketones (excluding diaryl/α,β-unsaturated/α-hetero) is 1. The van der Waals surface area contributed by atoms with Gasteiger partial charge in [0.05, 0.1) is 13.0 Å². The van der Waals surface area contributed by atoms with Crippen molar-refractivity contribution in [3.63, 3.8) is 0 Å². The summed E-state index contributed by atoms with van der Waals surface area (Å²) in [5, 5.41) is 10.5. The van der Waals surface area contributed by atoms with E-state index in [2.05, 4.69) is 5.32 Å². The maximum atomic E-state index is 10.8. The fraction of sp³-hybridized carbons (Fsp3) is 0.571. The molecule has 5 heteroatoms. The molecule has 0 bridgehead atoms. The van der Waals surface area contributed by atoms with Crippen LogP contribution in [0.5, 0.6) is 0 Å². The molecular formula is C7H11NO4. The molecule has 0 aliphatic rings. The fourth-order valence-electron chi connectivity index (χ4n) is 0.558. The van der Waals surface area contributed by atoms with E-state index in [1.165, 1.54) is 6.92 Å². The molecule has 68 valence electrons. The SMILES string of the molecule is CC(=O)NCC(=O)CCC(=O)O. The molecule has 1 amide bonds. The lowest BCUT2D eigenvalue weighted by molar-refractivity contribution is -0.138. The Bertz CT molecular complexity index is 180. The number of amides is 1. The molecule has 5 nitrogen and oxygen atoms in total. The first kappa shape index (κ1) is 10.6. The van der Waals surface area contributed by atoms with E-state index in [1.807, 2.05) is 0 Å². The Labute approximate surface area is 69.8 Å². The molecule has 0 aromatic carbocycles. The van der Waals surface area contributed by atoms with Gasteiger partial charge in [-0.15, -0.1) is 0 Å². The van der Waals surface area contributed by atoms with Crippen molar-refractivity contribution in [2.24, 2.45) is 0 Å². The van der Waals surface area contributed by atoms with Gasteiger partial charge in [0, 0.05) is 13.3 Å². The van der Waals surface area contributed by atoms with Crippen LogP contribution in [0.4, 0.5) is 0 Å². The molecular weight excluding hydrogens is 162 g/mol. The molecule has 0 fully saturated rings. The van der Waals surface area contributed by atoms with Crippen molar-refractivity contribution in [2.75, 3.05) is 6.54 Å². The van der Waals surface area contributed by atoms with Crippen molar-refractivity contribution in [3.05, 3.63) is 0 Å². The molecule has 0 saturated heterocycles. The third-order valence-electron chi connectivity index (χ3n) is 1.15. The zero-order chi connectivity index (χ0) is 9.56. The summed E-state index contributed by atoms with van der Waals surface area (Å²) in [6, 6.07) is 0. The molecule has 0 aliphatic heterocycles. The van der Waals surface area contributed by atoms with Gasteiger partial charge in [-0.1, -0.05) is 0 Å². The number of aliphatic carboxylic acids is 1. The van der Waals surface area contributed by atoms with Crippen LogP contribution in [0.25, 0.3) is 0 Å². The van der Waals surface area contributed by atoms with Crippen molar-refractivity contribution < 1.29 is 19.5 Å². The molecule has 0 saturated carbocycles. The van der Waals surface area contributed by atoms with E-state index in [0.717, 1.165) is 0 Å². The second kappa shape index (κ2) is 5.29. The largest absolute Gasteiger partial charge is 0.481 e. The first-order chi connectivity index (χ1) is 5.52. The lowest BCUT2D eigenvalue weighted by atomic mass is 10.2. The molecule has 0 aromatic heterocycles. The van der Waals surface area contributed by atoms with Crippen LogP contribution in [0, 0.1) is 0 Å². The lowest BCUT2D eigenvalue weighted by Crippen LogP contribution is -2.27. The van der Waals surface area contributed by atoms with E-state index >= 15 is 0 Å². The van der Waals surface area contributed by atoms with Crippen LogP contribution in [-0.2, 0) is 14.4 Å². The van der Waals surface area contributed by atoms with Gasteiger partial charge in [0.2, 0.25) is 5.91 Å². The van der Waals surface area contributed by atoms with Crippen molar-refractivity contribution in [2.45, 2.75) is 19.8 Å². The molecule has 12 heavy (non-hydrogen) atoms. The Balaban J connectivity index is 3.47. The number of hydrogen-bond acceptors (Lipinski definition) is 3. The number of carboxylic acids is 1. The zero-order valence-electron chi connectivity index (χ0n) is 6.79. The normalized spacial score (nSPS) is 9.08. The smallest absolute Gasteiger partial charge is 0.303 e. The van der Waals surface area contributed by atoms with Gasteiger partial charge in [-0.25, -0.2) is 0 Å². The van der Waals surface area contributed by atoms with E-state index in [1.54, 1.807) is 0 Å². The first-order valence-electron chi connectivity index (χ1n) is 3.50. The molecule has 0 atom stereocenters. The molecule has 0 radical (unpaired) electrons. The Hall–Kier alpha value is -1.39. The van der Waals surface area contributed by atoms with Crippen LogP contribution < -0.4 is 5.32 Å². The predicted octanol–water partition coefficient (Wildman–Crippen LogP) is -0.444. The zero-order valence-corrected chi connectivity index (χ0v) is 6.79. The van der Waals surface area contributed by atoms with E-state index < -0.39 is 5.97 Å². The maximum Gasteiger partial charge on any atom is 0.303 e. The standard InChI is InChI=1S/C7H11NO4/c1-5(9)8-4-6(10)2-3-7(11)12/h2-4H2,1H3,(H,8,9)(H,11,12). The minimum Gasteiger partial charge on any atom is -0.481 e. The molecule has 0 aliphatic carbocycles. The highest BCUT2D eigenvalue weighted by molar-refractivity contribution is 5.87. The van der Waals surface area contributed by atoms with Gasteiger partial charge in [0.15, 0.2) is 5.78 Å². The highest BCUT2D eigenvalue weighted by Crippen LogP contribution is 1.89. The summed E-state index contributed by atoms with van der Waals surface area (Å²) >= 11 is 0. The van der Waals surface area contributed by atoms with Crippen molar-refractivity contribution in [1.82, 2.24) is 5.32 Å².